The van der Waals surface area contributed by atoms with Gasteiger partial charge in [-0.25, -0.2) is 4.79 Å². The number of esters is 1. The molecule has 0 saturated heterocycles. The topological polar surface area (TPSA) is 69.7 Å². The van der Waals surface area contributed by atoms with Crippen molar-refractivity contribution in [1.82, 2.24) is 0 Å². The minimum Gasteiger partial charge on any atom is -0.468 e. The summed E-state index contributed by atoms with van der Waals surface area (Å²) >= 11 is 0. The maximum Gasteiger partial charge on any atom is 0.336 e. The fourth-order valence-corrected chi connectivity index (χ4v) is 3.01. The molecule has 0 aliphatic rings. The third kappa shape index (κ3) is 5.99. The molecule has 1 atom stereocenters. The Morgan fingerprint density at radius 1 is 1.19 bits per heavy atom. The lowest BCUT2D eigenvalue weighted by Gasteiger charge is -2.18. The van der Waals surface area contributed by atoms with Gasteiger partial charge in [0.2, 0.25) is 0 Å². The lowest BCUT2D eigenvalue weighted by atomic mass is 10.2. The van der Waals surface area contributed by atoms with Gasteiger partial charge in [0.05, 0.1) is 19.2 Å². The first-order valence-electron chi connectivity index (χ1n) is 6.68. The van der Waals surface area contributed by atoms with Crippen molar-refractivity contribution in [3.05, 3.63) is 29.8 Å². The average Bonchev–Trinajstić information content (AvgIpc) is 2.35. The number of aryl methyl sites for hydroxylation is 1. The molecule has 1 aromatic rings. The predicted molar refractivity (Wildman–Crippen MR) is 83.2 cm³/mol. The molecule has 1 rings (SSSR count). The molecule has 0 aliphatic heterocycles. The summed E-state index contributed by atoms with van der Waals surface area (Å²) in [5, 5.41) is 0. The van der Waals surface area contributed by atoms with Gasteiger partial charge >= 0.3 is 5.97 Å². The summed E-state index contributed by atoms with van der Waals surface area (Å²) in [6.45, 7) is 9.38. The van der Waals surface area contributed by atoms with E-state index in [1.807, 2.05) is 6.92 Å². The molecular formula is C14H22O5SSi. The quantitative estimate of drug-likeness (QED) is 0.455. The molecule has 21 heavy (non-hydrogen) atoms. The SMILES string of the molecule is Cc1ccc(S(=O)(=O)O[C@@H](C)C(=O)OC[Si](C)(C)C)cc1. The number of hydrogen-bond donors (Lipinski definition) is 0. The summed E-state index contributed by atoms with van der Waals surface area (Å²) in [4.78, 5) is 11.8. The molecule has 0 saturated carbocycles. The number of benzene rings is 1. The van der Waals surface area contributed by atoms with Crippen LogP contribution >= 0.6 is 0 Å². The normalized spacial score (nSPS) is 13.8. The zero-order valence-electron chi connectivity index (χ0n) is 13.0. The molecule has 0 fully saturated rings. The van der Waals surface area contributed by atoms with Crippen molar-refractivity contribution >= 4 is 24.2 Å². The van der Waals surface area contributed by atoms with Gasteiger partial charge in [0.1, 0.15) is 0 Å². The van der Waals surface area contributed by atoms with Gasteiger partial charge in [0.15, 0.2) is 6.10 Å². The second-order valence-corrected chi connectivity index (χ2v) is 13.2. The zero-order chi connectivity index (χ0) is 16.3. The fraction of sp³-hybridized carbons (Fsp3) is 0.500. The van der Waals surface area contributed by atoms with E-state index in [4.69, 9.17) is 8.92 Å². The maximum absolute atomic E-state index is 12.0. The predicted octanol–water partition coefficient (Wildman–Crippen LogP) is 2.51. The van der Waals surface area contributed by atoms with Crippen LogP contribution in [0.25, 0.3) is 0 Å². The average molecular weight is 330 g/mol. The maximum atomic E-state index is 12.0. The van der Waals surface area contributed by atoms with Gasteiger partial charge < -0.3 is 4.74 Å². The third-order valence-electron chi connectivity index (χ3n) is 2.56. The van der Waals surface area contributed by atoms with E-state index in [0.717, 1.165) is 5.56 Å². The minimum atomic E-state index is -3.96. The number of hydrogen-bond acceptors (Lipinski definition) is 5. The van der Waals surface area contributed by atoms with Crippen molar-refractivity contribution in [1.29, 1.82) is 0 Å². The standard InChI is InChI=1S/C14H22O5SSi/c1-11-6-8-13(9-7-11)20(16,17)19-12(2)14(15)18-10-21(3,4)5/h6-9,12H,10H2,1-5H3/t12-/m0/s1. The van der Waals surface area contributed by atoms with E-state index in [1.165, 1.54) is 19.1 Å². The van der Waals surface area contributed by atoms with E-state index in [9.17, 15) is 13.2 Å². The van der Waals surface area contributed by atoms with Crippen LogP contribution in [-0.2, 0) is 23.8 Å². The summed E-state index contributed by atoms with van der Waals surface area (Å²) in [6, 6.07) is 6.24. The van der Waals surface area contributed by atoms with Crippen LogP contribution in [0.15, 0.2) is 29.2 Å². The van der Waals surface area contributed by atoms with E-state index in [2.05, 4.69) is 19.6 Å². The molecule has 0 aliphatic carbocycles. The molecule has 1 aromatic carbocycles. The first kappa shape index (κ1) is 17.9. The van der Waals surface area contributed by atoms with Crippen LogP contribution in [0.2, 0.25) is 19.6 Å². The van der Waals surface area contributed by atoms with Crippen LogP contribution < -0.4 is 0 Å². The second kappa shape index (κ2) is 6.72. The largest absolute Gasteiger partial charge is 0.468 e. The Morgan fingerprint density at radius 3 is 2.19 bits per heavy atom. The van der Waals surface area contributed by atoms with Crippen molar-refractivity contribution in [2.75, 3.05) is 6.23 Å². The van der Waals surface area contributed by atoms with Gasteiger partial charge in [-0.2, -0.15) is 8.42 Å². The lowest BCUT2D eigenvalue weighted by molar-refractivity contribution is -0.149. The summed E-state index contributed by atoms with van der Waals surface area (Å²) in [6.07, 6.45) is -0.822. The van der Waals surface area contributed by atoms with Gasteiger partial charge in [-0.3, -0.25) is 4.18 Å². The molecular weight excluding hydrogens is 308 g/mol. The number of carbonyl (C=O) groups excluding carboxylic acids is 1. The molecule has 0 N–H and O–H groups in total. The third-order valence-corrected chi connectivity index (χ3v) is 4.96. The van der Waals surface area contributed by atoms with E-state index in [-0.39, 0.29) is 4.90 Å². The van der Waals surface area contributed by atoms with E-state index in [1.54, 1.807) is 12.1 Å². The number of carbonyl (C=O) groups is 1. The van der Waals surface area contributed by atoms with Gasteiger partial charge in [0, 0.05) is 0 Å². The van der Waals surface area contributed by atoms with Crippen LogP contribution in [0.1, 0.15) is 12.5 Å². The van der Waals surface area contributed by atoms with Crippen molar-refractivity contribution in [2.24, 2.45) is 0 Å². The molecule has 118 valence electrons. The highest BCUT2D eigenvalue weighted by molar-refractivity contribution is 7.86. The van der Waals surface area contributed by atoms with Crippen LogP contribution in [0.3, 0.4) is 0 Å². The van der Waals surface area contributed by atoms with E-state index >= 15 is 0 Å². The zero-order valence-corrected chi connectivity index (χ0v) is 14.9. The Labute approximate surface area is 127 Å². The molecule has 5 nitrogen and oxygen atoms in total. The Hall–Kier alpha value is -1.18. The summed E-state index contributed by atoms with van der Waals surface area (Å²) in [7, 11) is -5.51. The monoisotopic (exact) mass is 330 g/mol. The summed E-state index contributed by atoms with van der Waals surface area (Å²) in [5.41, 5.74) is 0.941. The number of ether oxygens (including phenoxy) is 1. The van der Waals surface area contributed by atoms with E-state index in [0.29, 0.717) is 6.23 Å². The van der Waals surface area contributed by atoms with Crippen molar-refractivity contribution in [2.45, 2.75) is 44.5 Å². The van der Waals surface area contributed by atoms with Crippen LogP contribution in [-0.4, -0.2) is 34.8 Å². The fourth-order valence-electron chi connectivity index (χ4n) is 1.39. The van der Waals surface area contributed by atoms with Crippen molar-refractivity contribution in [3.8, 4) is 0 Å². The molecule has 7 heteroatoms. The molecule has 0 aromatic heterocycles. The second-order valence-electron chi connectivity index (χ2n) is 6.17. The minimum absolute atomic E-state index is 0.0259. The van der Waals surface area contributed by atoms with Gasteiger partial charge in [-0.1, -0.05) is 37.3 Å². The first-order chi connectivity index (χ1) is 9.51. The van der Waals surface area contributed by atoms with Crippen LogP contribution in [0.5, 0.6) is 0 Å². The van der Waals surface area contributed by atoms with Crippen molar-refractivity contribution in [3.63, 3.8) is 0 Å². The van der Waals surface area contributed by atoms with Gasteiger partial charge in [-0.15, -0.1) is 0 Å². The highest BCUT2D eigenvalue weighted by Gasteiger charge is 2.26. The number of rotatable bonds is 6. The molecule has 0 radical (unpaired) electrons. The Balaban J connectivity index is 2.70. The molecule has 0 amide bonds. The smallest absolute Gasteiger partial charge is 0.336 e. The summed E-state index contributed by atoms with van der Waals surface area (Å²) < 4.78 is 34.1. The molecule has 0 unspecified atom stereocenters. The van der Waals surface area contributed by atoms with E-state index < -0.39 is 30.3 Å². The Kier molecular flexibility index (Phi) is 5.72. The summed E-state index contributed by atoms with van der Waals surface area (Å²) in [5.74, 6) is -0.659. The highest BCUT2D eigenvalue weighted by Crippen LogP contribution is 2.15. The molecule has 0 spiro atoms. The van der Waals surface area contributed by atoms with Gasteiger partial charge in [-0.05, 0) is 26.0 Å². The molecule has 0 heterocycles. The Morgan fingerprint density at radius 2 is 1.71 bits per heavy atom. The molecule has 0 bridgehead atoms. The van der Waals surface area contributed by atoms with Crippen LogP contribution in [0, 0.1) is 6.92 Å². The lowest BCUT2D eigenvalue weighted by Crippen LogP contribution is -2.34. The highest BCUT2D eigenvalue weighted by atomic mass is 32.2. The van der Waals surface area contributed by atoms with Crippen LogP contribution in [0.4, 0.5) is 0 Å². The van der Waals surface area contributed by atoms with Gasteiger partial charge in [0.25, 0.3) is 10.1 Å². The Bertz CT molecular complexity index is 587. The first-order valence-corrected chi connectivity index (χ1v) is 11.8. The van der Waals surface area contributed by atoms with Crippen molar-refractivity contribution < 1.29 is 22.1 Å².